The first-order valence-electron chi connectivity index (χ1n) is 9.71. The smallest absolute Gasteiger partial charge is 0.337 e. The van der Waals surface area contributed by atoms with Crippen LogP contribution in [-0.4, -0.2) is 33.4 Å². The van der Waals surface area contributed by atoms with Crippen molar-refractivity contribution in [3.05, 3.63) is 94.0 Å². The molecule has 172 valence electrons. The molecular weight excluding hydrogens is 487 g/mol. The Morgan fingerprint density at radius 1 is 0.909 bits per heavy atom. The lowest BCUT2D eigenvalue weighted by atomic mass is 10.1. The van der Waals surface area contributed by atoms with Crippen molar-refractivity contribution in [2.24, 2.45) is 0 Å². The van der Waals surface area contributed by atoms with Gasteiger partial charge in [-0.1, -0.05) is 59.6 Å². The fourth-order valence-electron chi connectivity index (χ4n) is 3.06. The van der Waals surface area contributed by atoms with Crippen LogP contribution >= 0.6 is 23.2 Å². The zero-order chi connectivity index (χ0) is 24.0. The fourth-order valence-corrected chi connectivity index (χ4v) is 5.40. The number of amides is 1. The number of rotatable bonds is 8. The first kappa shape index (κ1) is 24.7. The number of hydrogen-bond acceptors (Lipinski definition) is 5. The third-order valence-corrected chi connectivity index (χ3v) is 7.08. The minimum absolute atomic E-state index is 0.0627. The van der Waals surface area contributed by atoms with E-state index in [1.54, 1.807) is 24.3 Å². The molecule has 1 amide bonds. The molecule has 0 heterocycles. The van der Waals surface area contributed by atoms with Crippen LogP contribution in [0.2, 0.25) is 10.0 Å². The Morgan fingerprint density at radius 2 is 1.52 bits per heavy atom. The number of esters is 1. The molecule has 0 radical (unpaired) electrons. The summed E-state index contributed by atoms with van der Waals surface area (Å²) in [6.07, 6.45) is 0.0776. The van der Waals surface area contributed by atoms with Gasteiger partial charge in [-0.05, 0) is 48.4 Å². The van der Waals surface area contributed by atoms with Gasteiger partial charge >= 0.3 is 5.97 Å². The molecule has 10 heteroatoms. The van der Waals surface area contributed by atoms with E-state index in [4.69, 9.17) is 23.2 Å². The summed E-state index contributed by atoms with van der Waals surface area (Å²) >= 11 is 12.2. The van der Waals surface area contributed by atoms with Crippen molar-refractivity contribution in [3.63, 3.8) is 0 Å². The van der Waals surface area contributed by atoms with Crippen molar-refractivity contribution in [2.45, 2.75) is 17.4 Å². The second-order valence-electron chi connectivity index (χ2n) is 6.97. The number of carbonyl (C=O) groups is 2. The quantitative estimate of drug-likeness (QED) is 0.443. The summed E-state index contributed by atoms with van der Waals surface area (Å²) in [5.41, 5.74) is 1.43. The Kier molecular flexibility index (Phi) is 8.10. The normalized spacial score (nSPS) is 12.1. The highest BCUT2D eigenvalue weighted by Crippen LogP contribution is 2.29. The van der Waals surface area contributed by atoms with Gasteiger partial charge in [0.1, 0.15) is 10.9 Å². The van der Waals surface area contributed by atoms with Crippen LogP contribution in [-0.2, 0) is 26.0 Å². The number of halogens is 2. The molecule has 3 aromatic rings. The van der Waals surface area contributed by atoms with Crippen LogP contribution in [0.1, 0.15) is 15.9 Å². The highest BCUT2D eigenvalue weighted by Gasteiger charge is 2.29. The zero-order valence-corrected chi connectivity index (χ0v) is 19.7. The van der Waals surface area contributed by atoms with Gasteiger partial charge in [0.05, 0.1) is 22.7 Å². The number of hydrogen-bond donors (Lipinski definition) is 2. The molecule has 0 aliphatic heterocycles. The van der Waals surface area contributed by atoms with E-state index in [2.05, 4.69) is 14.8 Å². The Bertz CT molecular complexity index is 1230. The monoisotopic (exact) mass is 506 g/mol. The molecule has 1 atom stereocenters. The molecule has 0 saturated carbocycles. The first-order valence-corrected chi connectivity index (χ1v) is 11.9. The lowest BCUT2D eigenvalue weighted by Crippen LogP contribution is -2.45. The maximum absolute atomic E-state index is 13.1. The maximum Gasteiger partial charge on any atom is 0.337 e. The summed E-state index contributed by atoms with van der Waals surface area (Å²) in [6, 6.07) is 18.1. The van der Waals surface area contributed by atoms with Gasteiger partial charge in [-0.15, -0.1) is 0 Å². The fraction of sp³-hybridized carbons (Fsp3) is 0.130. The molecule has 0 spiro atoms. The summed E-state index contributed by atoms with van der Waals surface area (Å²) in [6.45, 7) is 0. The molecule has 7 nitrogen and oxygen atoms in total. The van der Waals surface area contributed by atoms with Gasteiger partial charge in [0.2, 0.25) is 15.9 Å². The molecule has 0 fully saturated rings. The van der Waals surface area contributed by atoms with Crippen LogP contribution in [0.4, 0.5) is 5.69 Å². The summed E-state index contributed by atoms with van der Waals surface area (Å²) < 4.78 is 33.2. The molecule has 0 saturated heterocycles. The summed E-state index contributed by atoms with van der Waals surface area (Å²) in [5, 5.41) is 2.54. The Hall–Kier alpha value is -2.91. The second kappa shape index (κ2) is 10.8. The summed E-state index contributed by atoms with van der Waals surface area (Å²) in [7, 11) is -2.97. The van der Waals surface area contributed by atoms with Crippen molar-refractivity contribution < 1.29 is 22.7 Å². The number of anilines is 1. The van der Waals surface area contributed by atoms with Gasteiger partial charge in [0.25, 0.3) is 0 Å². The van der Waals surface area contributed by atoms with E-state index in [9.17, 15) is 18.0 Å². The standard InChI is InChI=1S/C23H20Cl2N2O5S/c1-32-23(29)16-10-12-17(13-11-16)26-22(28)20(14-15-6-3-2-4-7-15)27-33(30,31)21-18(24)8-5-9-19(21)25/h2-13,20,27H,14H2,1H3,(H,26,28)/t20-/m1/s1. The molecule has 2 N–H and O–H groups in total. The third kappa shape index (κ3) is 6.33. The van der Waals surface area contributed by atoms with Crippen LogP contribution in [0.15, 0.2) is 77.7 Å². The third-order valence-electron chi connectivity index (χ3n) is 4.66. The van der Waals surface area contributed by atoms with Crippen molar-refractivity contribution >= 4 is 50.8 Å². The highest BCUT2D eigenvalue weighted by molar-refractivity contribution is 7.89. The van der Waals surface area contributed by atoms with E-state index in [1.807, 2.05) is 6.07 Å². The van der Waals surface area contributed by atoms with Gasteiger partial charge < -0.3 is 10.1 Å². The zero-order valence-electron chi connectivity index (χ0n) is 17.4. The lowest BCUT2D eigenvalue weighted by molar-refractivity contribution is -0.117. The summed E-state index contributed by atoms with van der Waals surface area (Å²) in [4.78, 5) is 24.4. The molecule has 3 rings (SSSR count). The minimum Gasteiger partial charge on any atom is -0.465 e. The van der Waals surface area contributed by atoms with Crippen molar-refractivity contribution in [2.75, 3.05) is 12.4 Å². The van der Waals surface area contributed by atoms with Gasteiger partial charge in [-0.2, -0.15) is 4.72 Å². The minimum atomic E-state index is -4.24. The van der Waals surface area contributed by atoms with Crippen LogP contribution in [0, 0.1) is 0 Å². The Labute approximate surface area is 201 Å². The van der Waals surface area contributed by atoms with Gasteiger partial charge in [0, 0.05) is 5.69 Å². The predicted octanol–water partition coefficient (Wildman–Crippen LogP) is 4.31. The van der Waals surface area contributed by atoms with E-state index in [0.717, 1.165) is 5.56 Å². The average Bonchev–Trinajstić information content (AvgIpc) is 2.79. The first-order chi connectivity index (χ1) is 15.7. The van der Waals surface area contributed by atoms with Crippen LogP contribution in [0.25, 0.3) is 0 Å². The lowest BCUT2D eigenvalue weighted by Gasteiger charge is -2.20. The Balaban J connectivity index is 1.88. The van der Waals surface area contributed by atoms with E-state index < -0.39 is 27.9 Å². The van der Waals surface area contributed by atoms with Crippen LogP contribution in [0.3, 0.4) is 0 Å². The van der Waals surface area contributed by atoms with Crippen molar-refractivity contribution in [1.82, 2.24) is 4.72 Å². The van der Waals surface area contributed by atoms with Crippen LogP contribution < -0.4 is 10.0 Å². The Morgan fingerprint density at radius 3 is 2.09 bits per heavy atom. The molecule has 0 aliphatic carbocycles. The number of nitrogens with one attached hydrogen (secondary N) is 2. The summed E-state index contributed by atoms with van der Waals surface area (Å²) in [5.74, 6) is -1.12. The molecule has 0 bridgehead atoms. The van der Waals surface area contributed by atoms with Gasteiger partial charge in [-0.25, -0.2) is 13.2 Å². The van der Waals surface area contributed by atoms with Crippen molar-refractivity contribution in [1.29, 1.82) is 0 Å². The van der Waals surface area contributed by atoms with Crippen molar-refractivity contribution in [3.8, 4) is 0 Å². The van der Waals surface area contributed by atoms with Gasteiger partial charge in [-0.3, -0.25) is 4.79 Å². The number of ether oxygens (including phenoxy) is 1. The maximum atomic E-state index is 13.1. The highest BCUT2D eigenvalue weighted by atomic mass is 35.5. The van der Waals surface area contributed by atoms with E-state index in [0.29, 0.717) is 11.3 Å². The SMILES string of the molecule is COC(=O)c1ccc(NC(=O)[C@@H](Cc2ccccc2)NS(=O)(=O)c2c(Cl)cccc2Cl)cc1. The molecular formula is C23H20Cl2N2O5S. The van der Waals surface area contributed by atoms with E-state index >= 15 is 0 Å². The number of sulfonamides is 1. The molecule has 33 heavy (non-hydrogen) atoms. The van der Waals surface area contributed by atoms with E-state index in [-0.39, 0.29) is 21.4 Å². The number of carbonyl (C=O) groups excluding carboxylic acids is 2. The predicted molar refractivity (Wildman–Crippen MR) is 127 cm³/mol. The number of methoxy groups -OCH3 is 1. The van der Waals surface area contributed by atoms with E-state index in [1.165, 1.54) is 49.6 Å². The number of benzene rings is 3. The molecule has 0 aliphatic rings. The van der Waals surface area contributed by atoms with Crippen LogP contribution in [0.5, 0.6) is 0 Å². The van der Waals surface area contributed by atoms with Gasteiger partial charge in [0.15, 0.2) is 0 Å². The molecule has 3 aromatic carbocycles. The molecule has 0 unspecified atom stereocenters. The topological polar surface area (TPSA) is 102 Å². The second-order valence-corrected chi connectivity index (χ2v) is 9.44. The molecule has 0 aromatic heterocycles. The average molecular weight is 507 g/mol. The largest absolute Gasteiger partial charge is 0.465 e.